The highest BCUT2D eigenvalue weighted by atomic mass is 16.6. The maximum atomic E-state index is 10.8. The second kappa shape index (κ2) is 3.12. The van der Waals surface area contributed by atoms with Crippen LogP contribution < -0.4 is 15.7 Å². The number of carbonyl (C=O) groups is 1. The summed E-state index contributed by atoms with van der Waals surface area (Å²) in [5.74, 6) is 0.180. The number of H-pyrrole nitrogens is 1. The van der Waals surface area contributed by atoms with E-state index in [-0.39, 0.29) is 11.6 Å². The van der Waals surface area contributed by atoms with E-state index < -0.39 is 6.09 Å². The molecule has 66 valence electrons. The molecular formula is C6H9N3O3. The third-order valence-electron chi connectivity index (χ3n) is 1.36. The summed E-state index contributed by atoms with van der Waals surface area (Å²) >= 11 is 0. The van der Waals surface area contributed by atoms with Crippen molar-refractivity contribution >= 4 is 6.09 Å². The van der Waals surface area contributed by atoms with Crippen LogP contribution in [-0.2, 0) is 7.05 Å². The van der Waals surface area contributed by atoms with E-state index in [1.165, 1.54) is 24.9 Å². The van der Waals surface area contributed by atoms with Gasteiger partial charge in [0.15, 0.2) is 0 Å². The number of nitrogens with zero attached hydrogens (tertiary/aromatic N) is 1. The van der Waals surface area contributed by atoms with Crippen LogP contribution >= 0.6 is 0 Å². The lowest BCUT2D eigenvalue weighted by Crippen LogP contribution is -2.24. The highest BCUT2D eigenvalue weighted by Crippen LogP contribution is 2.02. The molecule has 0 aliphatic rings. The summed E-state index contributed by atoms with van der Waals surface area (Å²) in [6, 6.07) is 0. The molecule has 0 bridgehead atoms. The van der Waals surface area contributed by atoms with Gasteiger partial charge in [-0.25, -0.2) is 9.59 Å². The third-order valence-corrected chi connectivity index (χ3v) is 1.36. The Hall–Kier alpha value is -1.72. The Labute approximate surface area is 68.2 Å². The van der Waals surface area contributed by atoms with Crippen LogP contribution in [0.15, 0.2) is 11.0 Å². The number of rotatable bonds is 1. The molecule has 1 heterocycles. The molecular weight excluding hydrogens is 162 g/mol. The number of nitrogens with one attached hydrogen (secondary N) is 2. The van der Waals surface area contributed by atoms with E-state index in [1.54, 1.807) is 0 Å². The Balaban J connectivity index is 2.83. The fourth-order valence-corrected chi connectivity index (χ4v) is 0.661. The summed E-state index contributed by atoms with van der Waals surface area (Å²) in [6.07, 6.45) is 0.710. The van der Waals surface area contributed by atoms with Gasteiger partial charge in [-0.3, -0.25) is 4.57 Å². The molecule has 6 heteroatoms. The molecule has 0 aliphatic carbocycles. The number of imidazole rings is 1. The van der Waals surface area contributed by atoms with E-state index in [0.29, 0.717) is 0 Å². The van der Waals surface area contributed by atoms with Crippen LogP contribution in [-0.4, -0.2) is 22.7 Å². The van der Waals surface area contributed by atoms with E-state index >= 15 is 0 Å². The minimum Gasteiger partial charge on any atom is -0.391 e. The molecule has 0 atom stereocenters. The summed E-state index contributed by atoms with van der Waals surface area (Å²) in [5.41, 5.74) is -0.325. The van der Waals surface area contributed by atoms with Crippen molar-refractivity contribution in [1.29, 1.82) is 0 Å². The zero-order valence-corrected chi connectivity index (χ0v) is 6.75. The van der Waals surface area contributed by atoms with Gasteiger partial charge in [0.25, 0.3) is 0 Å². The average molecular weight is 171 g/mol. The zero-order chi connectivity index (χ0) is 9.14. The van der Waals surface area contributed by atoms with Gasteiger partial charge in [-0.05, 0) is 0 Å². The Morgan fingerprint density at radius 1 is 1.75 bits per heavy atom. The first-order valence-corrected chi connectivity index (χ1v) is 3.29. The number of hydrogen-bond acceptors (Lipinski definition) is 3. The molecule has 0 aliphatic heterocycles. The highest BCUT2D eigenvalue weighted by Gasteiger charge is 2.06. The van der Waals surface area contributed by atoms with Gasteiger partial charge in [0.2, 0.25) is 5.88 Å². The first-order valence-electron chi connectivity index (χ1n) is 3.29. The number of carbonyl (C=O) groups excluding carboxylic acids is 1. The van der Waals surface area contributed by atoms with Gasteiger partial charge >= 0.3 is 11.8 Å². The van der Waals surface area contributed by atoms with E-state index in [0.717, 1.165) is 0 Å². The average Bonchev–Trinajstić information content (AvgIpc) is 2.36. The molecule has 0 aromatic carbocycles. The van der Waals surface area contributed by atoms with Crippen molar-refractivity contribution in [3.63, 3.8) is 0 Å². The topological polar surface area (TPSA) is 76.1 Å². The van der Waals surface area contributed by atoms with Gasteiger partial charge < -0.3 is 15.0 Å². The molecule has 1 rings (SSSR count). The molecule has 0 fully saturated rings. The predicted octanol–water partition coefficient (Wildman–Crippen LogP) is -0.568. The van der Waals surface area contributed by atoms with Crippen molar-refractivity contribution in [2.45, 2.75) is 0 Å². The third kappa shape index (κ3) is 1.47. The lowest BCUT2D eigenvalue weighted by atomic mass is 10.8. The van der Waals surface area contributed by atoms with Crippen LogP contribution in [0.3, 0.4) is 0 Å². The van der Waals surface area contributed by atoms with Gasteiger partial charge in [-0.2, -0.15) is 0 Å². The Bertz CT molecular complexity index is 338. The molecule has 0 saturated carbocycles. The number of aromatic amines is 1. The summed E-state index contributed by atoms with van der Waals surface area (Å²) in [7, 11) is 2.93. The van der Waals surface area contributed by atoms with Gasteiger partial charge in [0, 0.05) is 14.1 Å². The maximum Gasteiger partial charge on any atom is 0.413 e. The molecule has 0 saturated heterocycles. The van der Waals surface area contributed by atoms with Crippen molar-refractivity contribution in [2.24, 2.45) is 7.05 Å². The fourth-order valence-electron chi connectivity index (χ4n) is 0.661. The number of amides is 1. The predicted molar refractivity (Wildman–Crippen MR) is 41.1 cm³/mol. The van der Waals surface area contributed by atoms with Crippen LogP contribution in [0.2, 0.25) is 0 Å². The molecule has 1 amide bonds. The normalized spacial score (nSPS) is 9.50. The Kier molecular flexibility index (Phi) is 2.18. The smallest absolute Gasteiger partial charge is 0.391 e. The molecule has 2 N–H and O–H groups in total. The second-order valence-electron chi connectivity index (χ2n) is 2.13. The standard InChI is InChI=1S/C6H9N3O3/c1-7-6(11)12-4-3-8-5(10)9(4)2/h3H,1-2H3,(H,7,11)(H,8,10). The van der Waals surface area contributed by atoms with Crippen LogP contribution in [0.25, 0.3) is 0 Å². The lowest BCUT2D eigenvalue weighted by molar-refractivity contribution is 0.199. The SMILES string of the molecule is CNC(=O)Oc1c[nH]c(=O)n1C. The second-order valence-corrected chi connectivity index (χ2v) is 2.13. The van der Waals surface area contributed by atoms with Crippen LogP contribution in [0.4, 0.5) is 4.79 Å². The first-order chi connectivity index (χ1) is 5.65. The Morgan fingerprint density at radius 3 is 2.83 bits per heavy atom. The number of hydrogen-bond donors (Lipinski definition) is 2. The maximum absolute atomic E-state index is 10.8. The van der Waals surface area contributed by atoms with E-state index in [2.05, 4.69) is 10.3 Å². The fraction of sp³-hybridized carbons (Fsp3) is 0.333. The molecule has 1 aromatic heterocycles. The summed E-state index contributed by atoms with van der Waals surface area (Å²) < 4.78 is 5.89. The number of aromatic nitrogens is 2. The number of ether oxygens (including phenoxy) is 1. The Morgan fingerprint density at radius 2 is 2.42 bits per heavy atom. The monoisotopic (exact) mass is 171 g/mol. The molecule has 6 nitrogen and oxygen atoms in total. The van der Waals surface area contributed by atoms with Crippen molar-refractivity contribution in [3.8, 4) is 5.88 Å². The lowest BCUT2D eigenvalue weighted by Gasteiger charge is -2.01. The van der Waals surface area contributed by atoms with Crippen molar-refractivity contribution in [1.82, 2.24) is 14.9 Å². The van der Waals surface area contributed by atoms with E-state index in [1.807, 2.05) is 0 Å². The zero-order valence-electron chi connectivity index (χ0n) is 6.75. The first kappa shape index (κ1) is 8.38. The van der Waals surface area contributed by atoms with E-state index in [4.69, 9.17) is 4.74 Å². The quantitative estimate of drug-likeness (QED) is 0.594. The van der Waals surface area contributed by atoms with Crippen LogP contribution in [0.1, 0.15) is 0 Å². The van der Waals surface area contributed by atoms with Crippen molar-refractivity contribution < 1.29 is 9.53 Å². The molecule has 0 unspecified atom stereocenters. The minimum absolute atomic E-state index is 0.180. The molecule has 0 spiro atoms. The molecule has 12 heavy (non-hydrogen) atoms. The largest absolute Gasteiger partial charge is 0.413 e. The van der Waals surface area contributed by atoms with Crippen LogP contribution in [0, 0.1) is 0 Å². The van der Waals surface area contributed by atoms with Crippen molar-refractivity contribution in [3.05, 3.63) is 16.7 Å². The summed E-state index contributed by atoms with van der Waals surface area (Å²) in [5, 5.41) is 2.26. The summed E-state index contributed by atoms with van der Waals surface area (Å²) in [6.45, 7) is 0. The summed E-state index contributed by atoms with van der Waals surface area (Å²) in [4.78, 5) is 23.9. The van der Waals surface area contributed by atoms with Gasteiger partial charge in [0.1, 0.15) is 0 Å². The van der Waals surface area contributed by atoms with Gasteiger partial charge in [-0.1, -0.05) is 0 Å². The van der Waals surface area contributed by atoms with Gasteiger partial charge in [0.05, 0.1) is 6.20 Å². The van der Waals surface area contributed by atoms with Gasteiger partial charge in [-0.15, -0.1) is 0 Å². The molecule has 1 aromatic rings. The highest BCUT2D eigenvalue weighted by molar-refractivity contribution is 5.69. The molecule has 0 radical (unpaired) electrons. The van der Waals surface area contributed by atoms with Crippen LogP contribution in [0.5, 0.6) is 5.88 Å². The van der Waals surface area contributed by atoms with Crippen molar-refractivity contribution in [2.75, 3.05) is 7.05 Å². The van der Waals surface area contributed by atoms with E-state index in [9.17, 15) is 9.59 Å². The minimum atomic E-state index is -0.607.